The molecule has 15 heavy (non-hydrogen) atoms. The average Bonchev–Trinajstić information content (AvgIpc) is 2.17. The fraction of sp³-hybridized carbons (Fsp3) is 0.571. The Kier molecular flexibility index (Phi) is 3.42. The van der Waals surface area contributed by atoms with Crippen LogP contribution < -0.4 is 5.32 Å². The third-order valence-electron chi connectivity index (χ3n) is 3.79. The predicted molar refractivity (Wildman–Crippen MR) is 65.1 cm³/mol. The summed E-state index contributed by atoms with van der Waals surface area (Å²) in [6.07, 6.45) is 5.44. The first-order valence-corrected chi connectivity index (χ1v) is 6.03. The molecule has 1 aromatic carbocycles. The second-order valence-corrected chi connectivity index (χ2v) is 4.72. The molecule has 1 saturated carbocycles. The number of hydrogen-bond donors (Lipinski definition) is 1. The van der Waals surface area contributed by atoms with Gasteiger partial charge in [-0.25, -0.2) is 0 Å². The van der Waals surface area contributed by atoms with Crippen molar-refractivity contribution in [2.75, 3.05) is 7.05 Å². The Balaban J connectivity index is 2.02. The average molecular weight is 203 g/mol. The van der Waals surface area contributed by atoms with Crippen LogP contribution >= 0.6 is 0 Å². The fourth-order valence-corrected chi connectivity index (χ4v) is 2.42. The van der Waals surface area contributed by atoms with Gasteiger partial charge in [-0.2, -0.15) is 0 Å². The van der Waals surface area contributed by atoms with Gasteiger partial charge in [0, 0.05) is 6.04 Å². The predicted octanol–water partition coefficient (Wildman–Crippen LogP) is 2.93. The third kappa shape index (κ3) is 2.40. The maximum atomic E-state index is 3.48. The van der Waals surface area contributed by atoms with Gasteiger partial charge >= 0.3 is 0 Å². The normalized spacial score (nSPS) is 18.5. The van der Waals surface area contributed by atoms with Gasteiger partial charge in [0.05, 0.1) is 0 Å². The molecule has 0 heterocycles. The molecule has 1 nitrogen and oxygen atoms in total. The molecular weight excluding hydrogens is 182 g/mol. The van der Waals surface area contributed by atoms with E-state index in [1.165, 1.54) is 36.8 Å². The summed E-state index contributed by atoms with van der Waals surface area (Å²) in [4.78, 5) is 0. The summed E-state index contributed by atoms with van der Waals surface area (Å²) < 4.78 is 0. The summed E-state index contributed by atoms with van der Waals surface area (Å²) in [6, 6.07) is 9.42. The summed E-state index contributed by atoms with van der Waals surface area (Å²) in [7, 11) is 2.10. The van der Waals surface area contributed by atoms with Gasteiger partial charge in [0.1, 0.15) is 0 Å². The van der Waals surface area contributed by atoms with Crippen molar-refractivity contribution in [1.82, 2.24) is 5.32 Å². The number of aryl methyl sites for hydroxylation is 1. The number of nitrogens with one attached hydrogen (secondary N) is 1. The largest absolute Gasteiger partial charge is 0.316 e. The van der Waals surface area contributed by atoms with Crippen molar-refractivity contribution in [2.45, 2.75) is 38.6 Å². The van der Waals surface area contributed by atoms with Crippen molar-refractivity contribution >= 4 is 0 Å². The van der Waals surface area contributed by atoms with Crippen LogP contribution in [0, 0.1) is 12.8 Å². The van der Waals surface area contributed by atoms with Gasteiger partial charge in [0.15, 0.2) is 0 Å². The zero-order chi connectivity index (χ0) is 10.7. The molecule has 0 aliphatic heterocycles. The Labute approximate surface area is 92.9 Å². The molecule has 1 aliphatic rings. The summed E-state index contributed by atoms with van der Waals surface area (Å²) in [6.45, 7) is 2.21. The topological polar surface area (TPSA) is 12.0 Å². The molecule has 0 saturated heterocycles. The van der Waals surface area contributed by atoms with Crippen molar-refractivity contribution in [3.05, 3.63) is 35.4 Å². The van der Waals surface area contributed by atoms with E-state index in [0.717, 1.165) is 5.92 Å². The van der Waals surface area contributed by atoms with Gasteiger partial charge < -0.3 is 5.32 Å². The van der Waals surface area contributed by atoms with E-state index in [9.17, 15) is 0 Å². The lowest BCUT2D eigenvalue weighted by Gasteiger charge is -2.34. The minimum atomic E-state index is 0.680. The smallest absolute Gasteiger partial charge is 0.0133 e. The van der Waals surface area contributed by atoms with E-state index in [-0.39, 0.29) is 0 Å². The molecule has 2 rings (SSSR count). The third-order valence-corrected chi connectivity index (χ3v) is 3.79. The Morgan fingerprint density at radius 1 is 1.33 bits per heavy atom. The van der Waals surface area contributed by atoms with Crippen molar-refractivity contribution in [3.8, 4) is 0 Å². The van der Waals surface area contributed by atoms with Crippen molar-refractivity contribution in [2.24, 2.45) is 5.92 Å². The number of rotatable bonds is 4. The zero-order valence-corrected chi connectivity index (χ0v) is 9.79. The van der Waals surface area contributed by atoms with Crippen LogP contribution in [0.5, 0.6) is 0 Å². The maximum absolute atomic E-state index is 3.48. The van der Waals surface area contributed by atoms with Crippen LogP contribution in [0.2, 0.25) is 0 Å². The summed E-state index contributed by atoms with van der Waals surface area (Å²) in [5.41, 5.74) is 2.93. The molecule has 1 atom stereocenters. The lowest BCUT2D eigenvalue weighted by molar-refractivity contribution is 0.235. The molecule has 82 valence electrons. The molecule has 0 bridgehead atoms. The monoisotopic (exact) mass is 203 g/mol. The number of likely N-dealkylation sites (N-methyl/N-ethyl adjacent to an activating group) is 1. The van der Waals surface area contributed by atoms with Crippen LogP contribution in [0.3, 0.4) is 0 Å². The number of hydrogen-bond acceptors (Lipinski definition) is 1. The van der Waals surface area contributed by atoms with Gasteiger partial charge in [-0.3, -0.25) is 0 Å². The Morgan fingerprint density at radius 3 is 2.60 bits per heavy atom. The molecule has 1 unspecified atom stereocenters. The minimum Gasteiger partial charge on any atom is -0.316 e. The highest BCUT2D eigenvalue weighted by molar-refractivity contribution is 5.26. The van der Waals surface area contributed by atoms with Gasteiger partial charge in [-0.1, -0.05) is 30.7 Å². The highest BCUT2D eigenvalue weighted by Crippen LogP contribution is 2.31. The minimum absolute atomic E-state index is 0.680. The lowest BCUT2D eigenvalue weighted by atomic mass is 9.77. The van der Waals surface area contributed by atoms with E-state index in [1.54, 1.807) is 0 Å². The Morgan fingerprint density at radius 2 is 2.07 bits per heavy atom. The summed E-state index contributed by atoms with van der Waals surface area (Å²) in [5, 5.41) is 3.48. The second-order valence-electron chi connectivity index (χ2n) is 4.72. The number of benzene rings is 1. The first-order valence-electron chi connectivity index (χ1n) is 6.03. The van der Waals surface area contributed by atoms with Crippen LogP contribution in [0.25, 0.3) is 0 Å². The van der Waals surface area contributed by atoms with E-state index in [0.29, 0.717) is 6.04 Å². The standard InChI is InChI=1S/C14H21N/c1-11-6-3-4-7-13(11)10-14(15-2)12-8-5-9-12/h3-4,6-7,12,14-15H,5,8-10H2,1-2H3. The highest BCUT2D eigenvalue weighted by atomic mass is 14.9. The molecule has 1 aliphatic carbocycles. The van der Waals surface area contributed by atoms with E-state index in [4.69, 9.17) is 0 Å². The van der Waals surface area contributed by atoms with E-state index in [2.05, 4.69) is 43.6 Å². The van der Waals surface area contributed by atoms with E-state index >= 15 is 0 Å². The molecule has 1 fully saturated rings. The summed E-state index contributed by atoms with van der Waals surface area (Å²) in [5.74, 6) is 0.912. The molecule has 0 radical (unpaired) electrons. The molecule has 1 heteroatoms. The van der Waals surface area contributed by atoms with Gasteiger partial charge in [-0.15, -0.1) is 0 Å². The molecule has 1 aromatic rings. The van der Waals surface area contributed by atoms with Crippen molar-refractivity contribution in [1.29, 1.82) is 0 Å². The van der Waals surface area contributed by atoms with Crippen molar-refractivity contribution < 1.29 is 0 Å². The maximum Gasteiger partial charge on any atom is 0.0133 e. The molecule has 0 amide bonds. The van der Waals surface area contributed by atoms with Gasteiger partial charge in [-0.05, 0) is 50.3 Å². The first kappa shape index (κ1) is 10.7. The van der Waals surface area contributed by atoms with Gasteiger partial charge in [0.25, 0.3) is 0 Å². The van der Waals surface area contributed by atoms with Gasteiger partial charge in [0.2, 0.25) is 0 Å². The molecule has 0 aromatic heterocycles. The quantitative estimate of drug-likeness (QED) is 0.793. The van der Waals surface area contributed by atoms with Crippen LogP contribution in [0.1, 0.15) is 30.4 Å². The molecule has 0 spiro atoms. The van der Waals surface area contributed by atoms with Crippen LogP contribution in [-0.2, 0) is 6.42 Å². The molecular formula is C14H21N. The van der Waals surface area contributed by atoms with Crippen LogP contribution in [-0.4, -0.2) is 13.1 Å². The van der Waals surface area contributed by atoms with E-state index < -0.39 is 0 Å². The van der Waals surface area contributed by atoms with Crippen LogP contribution in [0.4, 0.5) is 0 Å². The lowest BCUT2D eigenvalue weighted by Crippen LogP contribution is -2.39. The Hall–Kier alpha value is -0.820. The SMILES string of the molecule is CNC(Cc1ccccc1C)C1CCC1. The zero-order valence-electron chi connectivity index (χ0n) is 9.79. The fourth-order valence-electron chi connectivity index (χ4n) is 2.42. The van der Waals surface area contributed by atoms with Crippen molar-refractivity contribution in [3.63, 3.8) is 0 Å². The first-order chi connectivity index (χ1) is 7.31. The van der Waals surface area contributed by atoms with Crippen LogP contribution in [0.15, 0.2) is 24.3 Å². The summed E-state index contributed by atoms with van der Waals surface area (Å²) >= 11 is 0. The van der Waals surface area contributed by atoms with E-state index in [1.807, 2.05) is 0 Å². The molecule has 1 N–H and O–H groups in total. The second kappa shape index (κ2) is 4.80. The highest BCUT2D eigenvalue weighted by Gasteiger charge is 2.26. The Bertz CT molecular complexity index is 315.